The zero-order valence-electron chi connectivity index (χ0n) is 11.1. The highest BCUT2D eigenvalue weighted by Gasteiger charge is 2.07. The van der Waals surface area contributed by atoms with Crippen molar-refractivity contribution in [3.8, 4) is 0 Å². The van der Waals surface area contributed by atoms with Crippen molar-refractivity contribution < 1.29 is 17.9 Å². The summed E-state index contributed by atoms with van der Waals surface area (Å²) in [7, 11) is -0.441. The average Bonchev–Trinajstić information content (AvgIpc) is 2.38. The minimum absolute atomic E-state index is 0.128. The molecule has 0 unspecified atom stereocenters. The number of ether oxygens (including phenoxy) is 2. The van der Waals surface area contributed by atoms with Crippen molar-refractivity contribution in [1.82, 2.24) is 5.32 Å². The highest BCUT2D eigenvalue weighted by atomic mass is 32.2. The average molecular weight is 288 g/mol. The van der Waals surface area contributed by atoms with E-state index in [2.05, 4.69) is 5.32 Å². The van der Waals surface area contributed by atoms with Gasteiger partial charge in [-0.1, -0.05) is 12.1 Å². The Kier molecular flexibility index (Phi) is 6.40. The molecule has 1 aromatic carbocycles. The molecule has 0 aliphatic heterocycles. The summed E-state index contributed by atoms with van der Waals surface area (Å²) in [5.74, 6) is 0. The third kappa shape index (κ3) is 5.66. The number of rotatable bonds is 8. The Balaban J connectivity index is 2.38. The van der Waals surface area contributed by atoms with Crippen LogP contribution in [0, 0.1) is 0 Å². The van der Waals surface area contributed by atoms with E-state index in [0.29, 0.717) is 6.54 Å². The summed E-state index contributed by atoms with van der Waals surface area (Å²) in [6.07, 6.45) is 0.523. The van der Waals surface area contributed by atoms with Gasteiger partial charge in [-0.3, -0.25) is 0 Å². The van der Waals surface area contributed by atoms with E-state index in [1.807, 2.05) is 0 Å². The normalized spacial score (nSPS) is 12.0. The highest BCUT2D eigenvalue weighted by molar-refractivity contribution is 7.89. The van der Waals surface area contributed by atoms with Crippen LogP contribution >= 0.6 is 0 Å². The van der Waals surface area contributed by atoms with Crippen LogP contribution in [-0.2, 0) is 25.9 Å². The van der Waals surface area contributed by atoms with Crippen LogP contribution in [0.1, 0.15) is 5.56 Å². The Labute approximate surface area is 113 Å². The zero-order chi connectivity index (χ0) is 14.3. The van der Waals surface area contributed by atoms with E-state index in [1.54, 1.807) is 26.4 Å². The molecule has 1 rings (SSSR count). The molecule has 6 nitrogen and oxygen atoms in total. The fourth-order valence-electron chi connectivity index (χ4n) is 1.56. The van der Waals surface area contributed by atoms with Crippen molar-refractivity contribution >= 4 is 10.0 Å². The highest BCUT2D eigenvalue weighted by Crippen LogP contribution is 2.08. The molecule has 0 amide bonds. The van der Waals surface area contributed by atoms with Crippen molar-refractivity contribution in [3.63, 3.8) is 0 Å². The lowest BCUT2D eigenvalue weighted by Crippen LogP contribution is -2.31. The molecule has 0 fully saturated rings. The van der Waals surface area contributed by atoms with Gasteiger partial charge in [-0.05, 0) is 30.7 Å². The molecule has 0 atom stereocenters. The first-order chi connectivity index (χ1) is 8.97. The van der Waals surface area contributed by atoms with Gasteiger partial charge in [0.15, 0.2) is 6.29 Å². The number of methoxy groups -OCH3 is 2. The van der Waals surface area contributed by atoms with Crippen molar-refractivity contribution in [2.24, 2.45) is 5.14 Å². The van der Waals surface area contributed by atoms with Gasteiger partial charge in [-0.2, -0.15) is 0 Å². The van der Waals surface area contributed by atoms with Crippen molar-refractivity contribution in [3.05, 3.63) is 29.8 Å². The van der Waals surface area contributed by atoms with Gasteiger partial charge in [-0.25, -0.2) is 13.6 Å². The van der Waals surface area contributed by atoms with Gasteiger partial charge >= 0.3 is 0 Å². The molecular weight excluding hydrogens is 268 g/mol. The van der Waals surface area contributed by atoms with Crippen molar-refractivity contribution in [2.45, 2.75) is 17.6 Å². The maximum Gasteiger partial charge on any atom is 0.238 e. The predicted octanol–water partition coefficient (Wildman–Crippen LogP) is 0.0850. The van der Waals surface area contributed by atoms with Gasteiger partial charge < -0.3 is 14.8 Å². The number of nitrogens with two attached hydrogens (primary N) is 1. The zero-order valence-corrected chi connectivity index (χ0v) is 11.9. The minimum atomic E-state index is -3.61. The van der Waals surface area contributed by atoms with Crippen molar-refractivity contribution in [2.75, 3.05) is 27.3 Å². The Morgan fingerprint density at radius 3 is 2.26 bits per heavy atom. The molecule has 0 saturated heterocycles. The van der Waals surface area contributed by atoms with Crippen LogP contribution in [0.5, 0.6) is 0 Å². The first-order valence-electron chi connectivity index (χ1n) is 5.85. The first kappa shape index (κ1) is 16.1. The molecular formula is C12H20N2O4S. The third-order valence-corrected chi connectivity index (χ3v) is 3.61. The fraction of sp³-hybridized carbons (Fsp3) is 0.500. The van der Waals surface area contributed by atoms with Crippen LogP contribution < -0.4 is 10.5 Å². The van der Waals surface area contributed by atoms with Crippen LogP contribution in [0.4, 0.5) is 0 Å². The van der Waals surface area contributed by atoms with E-state index in [4.69, 9.17) is 14.6 Å². The minimum Gasteiger partial charge on any atom is -0.355 e. The summed E-state index contributed by atoms with van der Waals surface area (Å²) in [5, 5.41) is 8.21. The summed E-state index contributed by atoms with van der Waals surface area (Å²) >= 11 is 0. The van der Waals surface area contributed by atoms with E-state index < -0.39 is 10.0 Å². The van der Waals surface area contributed by atoms with Crippen LogP contribution in [0.2, 0.25) is 0 Å². The molecule has 0 saturated carbocycles. The van der Waals surface area contributed by atoms with Crippen LogP contribution in [0.3, 0.4) is 0 Å². The lowest BCUT2D eigenvalue weighted by molar-refractivity contribution is -0.0986. The molecule has 0 spiro atoms. The number of hydrogen-bond donors (Lipinski definition) is 2. The lowest BCUT2D eigenvalue weighted by atomic mass is 10.1. The Morgan fingerprint density at radius 1 is 1.21 bits per heavy atom. The summed E-state index contributed by atoms with van der Waals surface area (Å²) in [6.45, 7) is 1.35. The number of benzene rings is 1. The van der Waals surface area contributed by atoms with Gasteiger partial charge in [0.05, 0.1) is 4.90 Å². The number of sulfonamides is 1. The molecule has 0 heterocycles. The number of nitrogens with one attached hydrogen (secondary N) is 1. The molecule has 19 heavy (non-hydrogen) atoms. The van der Waals surface area contributed by atoms with Gasteiger partial charge in [0.25, 0.3) is 0 Å². The van der Waals surface area contributed by atoms with Gasteiger partial charge in [-0.15, -0.1) is 0 Å². The molecule has 0 radical (unpaired) electrons. The molecule has 0 aliphatic rings. The summed E-state index contributed by atoms with van der Waals surface area (Å²) in [4.78, 5) is 0.128. The molecule has 7 heteroatoms. The van der Waals surface area contributed by atoms with E-state index >= 15 is 0 Å². The SMILES string of the molecule is COC(CNCCc1ccc(S(N)(=O)=O)cc1)OC. The van der Waals surface area contributed by atoms with Gasteiger partial charge in [0.1, 0.15) is 0 Å². The summed E-state index contributed by atoms with van der Waals surface area (Å²) in [5.41, 5.74) is 1.03. The van der Waals surface area contributed by atoms with E-state index in [1.165, 1.54) is 12.1 Å². The smallest absolute Gasteiger partial charge is 0.238 e. The quantitative estimate of drug-likeness (QED) is 0.522. The monoisotopic (exact) mass is 288 g/mol. The second-order valence-corrected chi connectivity index (χ2v) is 5.61. The third-order valence-electron chi connectivity index (χ3n) is 2.68. The van der Waals surface area contributed by atoms with Gasteiger partial charge in [0.2, 0.25) is 10.0 Å². The fourth-order valence-corrected chi connectivity index (χ4v) is 2.08. The van der Waals surface area contributed by atoms with E-state index in [9.17, 15) is 8.42 Å². The second kappa shape index (κ2) is 7.56. The second-order valence-electron chi connectivity index (χ2n) is 4.04. The molecule has 1 aromatic rings. The lowest BCUT2D eigenvalue weighted by Gasteiger charge is -2.13. The Bertz CT molecular complexity index is 469. The van der Waals surface area contributed by atoms with E-state index in [0.717, 1.165) is 18.5 Å². The van der Waals surface area contributed by atoms with Crippen molar-refractivity contribution in [1.29, 1.82) is 0 Å². The van der Waals surface area contributed by atoms with Crippen LogP contribution in [-0.4, -0.2) is 42.0 Å². The topological polar surface area (TPSA) is 90.6 Å². The summed E-state index contributed by atoms with van der Waals surface area (Å²) in [6, 6.07) is 6.53. The molecule has 0 aliphatic carbocycles. The maximum absolute atomic E-state index is 11.1. The molecule has 108 valence electrons. The predicted molar refractivity (Wildman–Crippen MR) is 72.2 cm³/mol. The molecule has 0 bridgehead atoms. The standard InChI is InChI=1S/C12H20N2O4S/c1-17-12(18-2)9-14-8-7-10-3-5-11(6-4-10)19(13,15)16/h3-6,12,14H,7-9H2,1-2H3,(H2,13,15,16). The molecule has 0 aromatic heterocycles. The number of primary sulfonamides is 1. The maximum atomic E-state index is 11.1. The summed E-state index contributed by atoms with van der Waals surface area (Å²) < 4.78 is 32.2. The Morgan fingerprint density at radius 2 is 1.79 bits per heavy atom. The molecule has 3 N–H and O–H groups in total. The largest absolute Gasteiger partial charge is 0.355 e. The first-order valence-corrected chi connectivity index (χ1v) is 7.40. The number of hydrogen-bond acceptors (Lipinski definition) is 5. The van der Waals surface area contributed by atoms with Crippen LogP contribution in [0.15, 0.2) is 29.2 Å². The van der Waals surface area contributed by atoms with E-state index in [-0.39, 0.29) is 11.2 Å². The van der Waals surface area contributed by atoms with Crippen LogP contribution in [0.25, 0.3) is 0 Å². The Hall–Kier alpha value is -0.990. The van der Waals surface area contributed by atoms with Gasteiger partial charge in [0, 0.05) is 20.8 Å².